The van der Waals surface area contributed by atoms with Crippen LogP contribution in [-0.4, -0.2) is 0 Å². The first-order chi connectivity index (χ1) is 9.11. The average Bonchev–Trinajstić information content (AvgIpc) is 2.76. The third kappa shape index (κ3) is 4.07. The van der Waals surface area contributed by atoms with Crippen LogP contribution in [0.25, 0.3) is 0 Å². The van der Waals surface area contributed by atoms with Crippen molar-refractivity contribution >= 4 is 54.8 Å². The van der Waals surface area contributed by atoms with Crippen LogP contribution in [0.2, 0.25) is 0 Å². The van der Waals surface area contributed by atoms with Crippen LogP contribution in [0.15, 0.2) is 38.6 Å². The summed E-state index contributed by atoms with van der Waals surface area (Å²) in [7, 11) is 0. The molecule has 0 saturated heterocycles. The van der Waals surface area contributed by atoms with Gasteiger partial charge >= 0.3 is 0 Å². The molecule has 4 heteroatoms. The first kappa shape index (κ1) is 15.6. The second kappa shape index (κ2) is 7.26. The van der Waals surface area contributed by atoms with E-state index in [-0.39, 0.29) is 5.38 Å². The number of rotatable bonds is 5. The van der Waals surface area contributed by atoms with Crippen LogP contribution in [-0.2, 0) is 6.42 Å². The lowest BCUT2D eigenvalue weighted by atomic mass is 10.0. The summed E-state index contributed by atoms with van der Waals surface area (Å²) in [6.07, 6.45) is 3.63. The van der Waals surface area contributed by atoms with E-state index in [9.17, 15) is 0 Å². The molecule has 0 aliphatic carbocycles. The molecule has 1 atom stereocenters. The number of benzene rings is 1. The van der Waals surface area contributed by atoms with Crippen molar-refractivity contribution in [2.24, 2.45) is 0 Å². The minimum atomic E-state index is -0.0761. The molecule has 2 rings (SSSR count). The van der Waals surface area contributed by atoms with E-state index in [2.05, 4.69) is 69.1 Å². The number of hydrogen-bond donors (Lipinski definition) is 0. The lowest BCUT2D eigenvalue weighted by molar-refractivity contribution is 0.794. The third-order valence-corrected chi connectivity index (χ3v) is 6.94. The fraction of sp³-hybridized carbons (Fsp3) is 0.333. The van der Waals surface area contributed by atoms with Crippen molar-refractivity contribution in [1.29, 1.82) is 0 Å². The molecule has 0 aliphatic rings. The molecule has 0 radical (unpaired) electrons. The maximum Gasteiger partial charge on any atom is 0.0928 e. The van der Waals surface area contributed by atoms with Crippen molar-refractivity contribution in [1.82, 2.24) is 0 Å². The molecule has 1 unspecified atom stereocenters. The number of hydrogen-bond acceptors (Lipinski definition) is 1. The van der Waals surface area contributed by atoms with Gasteiger partial charge in [-0.05, 0) is 61.9 Å². The SMILES string of the molecule is CCCCc1ccc(C(Cl)c2cc(Br)c(Br)s2)cc1. The number of alkyl halides is 1. The number of unbranched alkanes of at least 4 members (excludes halogenated alkanes) is 1. The van der Waals surface area contributed by atoms with E-state index in [0.29, 0.717) is 0 Å². The molecule has 0 N–H and O–H groups in total. The van der Waals surface area contributed by atoms with Crippen LogP contribution in [0, 0.1) is 0 Å². The summed E-state index contributed by atoms with van der Waals surface area (Å²) in [6, 6.07) is 10.8. The zero-order valence-corrected chi connectivity index (χ0v) is 15.4. The van der Waals surface area contributed by atoms with E-state index in [1.807, 2.05) is 0 Å². The van der Waals surface area contributed by atoms with Crippen LogP contribution in [0.4, 0.5) is 0 Å². The van der Waals surface area contributed by atoms with Crippen molar-refractivity contribution in [3.8, 4) is 0 Å². The maximum atomic E-state index is 6.54. The second-order valence-electron chi connectivity index (χ2n) is 4.48. The van der Waals surface area contributed by atoms with Gasteiger partial charge in [0.25, 0.3) is 0 Å². The summed E-state index contributed by atoms with van der Waals surface area (Å²) in [4.78, 5) is 1.15. The molecule has 0 nitrogen and oxygen atoms in total. The summed E-state index contributed by atoms with van der Waals surface area (Å²) in [6.45, 7) is 2.22. The Morgan fingerprint density at radius 1 is 1.21 bits per heavy atom. The van der Waals surface area contributed by atoms with Crippen LogP contribution in [0.1, 0.15) is 41.1 Å². The number of thiophene rings is 1. The molecule has 0 aliphatic heterocycles. The van der Waals surface area contributed by atoms with Crippen molar-refractivity contribution in [2.75, 3.05) is 0 Å². The predicted octanol–water partition coefficient (Wildman–Crippen LogP) is 6.94. The van der Waals surface area contributed by atoms with E-state index >= 15 is 0 Å². The quantitative estimate of drug-likeness (QED) is 0.458. The van der Waals surface area contributed by atoms with Gasteiger partial charge in [0.05, 0.1) is 9.16 Å². The smallest absolute Gasteiger partial charge is 0.0928 e. The summed E-state index contributed by atoms with van der Waals surface area (Å²) in [5.41, 5.74) is 2.55. The molecule has 19 heavy (non-hydrogen) atoms. The first-order valence-electron chi connectivity index (χ1n) is 6.29. The van der Waals surface area contributed by atoms with E-state index in [0.717, 1.165) is 25.1 Å². The fourth-order valence-corrected chi connectivity index (χ4v) is 4.32. The highest BCUT2D eigenvalue weighted by molar-refractivity contribution is 9.13. The van der Waals surface area contributed by atoms with Crippen molar-refractivity contribution < 1.29 is 0 Å². The van der Waals surface area contributed by atoms with Crippen LogP contribution in [0.5, 0.6) is 0 Å². The van der Waals surface area contributed by atoms with Gasteiger partial charge in [-0.3, -0.25) is 0 Å². The Hall–Kier alpha value is 0.170. The Morgan fingerprint density at radius 2 is 1.89 bits per heavy atom. The fourth-order valence-electron chi connectivity index (χ4n) is 1.89. The van der Waals surface area contributed by atoms with Gasteiger partial charge in [-0.1, -0.05) is 37.6 Å². The highest BCUT2D eigenvalue weighted by Crippen LogP contribution is 2.40. The van der Waals surface area contributed by atoms with Gasteiger partial charge in [0, 0.05) is 9.35 Å². The predicted molar refractivity (Wildman–Crippen MR) is 92.5 cm³/mol. The Balaban J connectivity index is 2.13. The molecule has 0 saturated carbocycles. The lowest BCUT2D eigenvalue weighted by Crippen LogP contribution is -1.91. The summed E-state index contributed by atoms with van der Waals surface area (Å²) >= 11 is 15.2. The molecule has 0 bridgehead atoms. The highest BCUT2D eigenvalue weighted by Gasteiger charge is 2.15. The summed E-state index contributed by atoms with van der Waals surface area (Å²) in [5.74, 6) is 0. The average molecular weight is 423 g/mol. The number of halogens is 3. The van der Waals surface area contributed by atoms with Gasteiger partial charge in [0.15, 0.2) is 0 Å². The highest BCUT2D eigenvalue weighted by atomic mass is 79.9. The maximum absolute atomic E-state index is 6.54. The Labute approximate surface area is 140 Å². The Bertz CT molecular complexity index is 514. The molecule has 1 heterocycles. The van der Waals surface area contributed by atoms with E-state index in [1.165, 1.54) is 18.4 Å². The molecular weight excluding hydrogens is 407 g/mol. The van der Waals surface area contributed by atoms with Gasteiger partial charge < -0.3 is 0 Å². The topological polar surface area (TPSA) is 0 Å². The van der Waals surface area contributed by atoms with Crippen LogP contribution in [0.3, 0.4) is 0 Å². The summed E-state index contributed by atoms with van der Waals surface area (Å²) < 4.78 is 2.16. The molecular formula is C15H15Br2ClS. The molecule has 0 spiro atoms. The molecule has 0 amide bonds. The number of aryl methyl sites for hydroxylation is 1. The van der Waals surface area contributed by atoms with Crippen LogP contribution < -0.4 is 0 Å². The zero-order chi connectivity index (χ0) is 13.8. The normalized spacial score (nSPS) is 12.6. The molecule has 1 aromatic carbocycles. The van der Waals surface area contributed by atoms with Gasteiger partial charge in [-0.2, -0.15) is 0 Å². The van der Waals surface area contributed by atoms with Crippen molar-refractivity contribution in [2.45, 2.75) is 31.6 Å². The molecule has 0 fully saturated rings. The first-order valence-corrected chi connectivity index (χ1v) is 9.13. The molecule has 2 aromatic rings. The van der Waals surface area contributed by atoms with Crippen molar-refractivity contribution in [3.63, 3.8) is 0 Å². The monoisotopic (exact) mass is 420 g/mol. The molecule has 1 aromatic heterocycles. The minimum absolute atomic E-state index is 0.0761. The van der Waals surface area contributed by atoms with Gasteiger partial charge in [0.2, 0.25) is 0 Å². The van der Waals surface area contributed by atoms with Gasteiger partial charge in [-0.25, -0.2) is 0 Å². The van der Waals surface area contributed by atoms with Gasteiger partial charge in [0.1, 0.15) is 0 Å². The lowest BCUT2D eigenvalue weighted by Gasteiger charge is -2.08. The van der Waals surface area contributed by atoms with Gasteiger partial charge in [-0.15, -0.1) is 22.9 Å². The minimum Gasteiger partial charge on any atom is -0.130 e. The summed E-state index contributed by atoms with van der Waals surface area (Å²) in [5, 5.41) is -0.0761. The molecule has 102 valence electrons. The van der Waals surface area contributed by atoms with E-state index < -0.39 is 0 Å². The third-order valence-electron chi connectivity index (χ3n) is 3.01. The zero-order valence-electron chi connectivity index (χ0n) is 10.6. The van der Waals surface area contributed by atoms with E-state index in [1.54, 1.807) is 11.3 Å². The second-order valence-corrected chi connectivity index (χ2v) is 8.17. The standard InChI is InChI=1S/C15H15Br2ClS/c1-2-3-4-10-5-7-11(8-6-10)14(18)13-9-12(16)15(17)19-13/h5-9,14H,2-4H2,1H3. The Kier molecular flexibility index (Phi) is 5.94. The largest absolute Gasteiger partial charge is 0.130 e. The van der Waals surface area contributed by atoms with Crippen LogP contribution >= 0.6 is 54.8 Å². The Morgan fingerprint density at radius 3 is 2.42 bits per heavy atom. The van der Waals surface area contributed by atoms with E-state index in [4.69, 9.17) is 11.6 Å². The van der Waals surface area contributed by atoms with Crippen molar-refractivity contribution in [3.05, 3.63) is 54.6 Å².